The first-order chi connectivity index (χ1) is 14.2. The molecule has 1 aliphatic carbocycles. The van der Waals surface area contributed by atoms with E-state index >= 15 is 0 Å². The number of methoxy groups -OCH3 is 1. The van der Waals surface area contributed by atoms with Crippen LogP contribution in [0, 0.1) is 0 Å². The molecule has 3 aromatic rings. The first-order valence-electron chi connectivity index (χ1n) is 9.67. The van der Waals surface area contributed by atoms with Crippen LogP contribution < -0.4 is 9.47 Å². The molecule has 5 rings (SSSR count). The third-order valence-electron chi connectivity index (χ3n) is 5.44. The van der Waals surface area contributed by atoms with Gasteiger partial charge in [0.05, 0.1) is 16.9 Å². The van der Waals surface area contributed by atoms with E-state index in [2.05, 4.69) is 30.3 Å². The van der Waals surface area contributed by atoms with Crippen molar-refractivity contribution >= 4 is 23.1 Å². The molecule has 1 unspecified atom stereocenters. The number of hydrogen-bond acceptors (Lipinski definition) is 4. The second kappa shape index (κ2) is 7.45. The maximum atomic E-state index is 12.6. The van der Waals surface area contributed by atoms with Crippen molar-refractivity contribution in [2.75, 3.05) is 7.11 Å². The molecule has 3 nitrogen and oxygen atoms in total. The highest BCUT2D eigenvalue weighted by molar-refractivity contribution is 7.99. The summed E-state index contributed by atoms with van der Waals surface area (Å²) >= 11 is 1.71. The molecule has 1 heterocycles. The Bertz CT molecular complexity index is 1120. The number of fused-ring (bicyclic) bond motifs is 2. The van der Waals surface area contributed by atoms with Gasteiger partial charge in [-0.1, -0.05) is 48.2 Å². The largest absolute Gasteiger partial charge is 0.497 e. The SMILES string of the molecule is COc1ccc(C2CC(=O)C=C(c3cccc4c3Oc3ccccc3S4)C2)cc1. The van der Waals surface area contributed by atoms with E-state index in [0.717, 1.165) is 50.2 Å². The topological polar surface area (TPSA) is 35.5 Å². The van der Waals surface area contributed by atoms with Crippen molar-refractivity contribution in [2.24, 2.45) is 0 Å². The minimum absolute atomic E-state index is 0.160. The number of ketones is 1. The van der Waals surface area contributed by atoms with E-state index in [1.165, 1.54) is 0 Å². The van der Waals surface area contributed by atoms with Gasteiger partial charge in [-0.25, -0.2) is 0 Å². The highest BCUT2D eigenvalue weighted by Crippen LogP contribution is 2.50. The summed E-state index contributed by atoms with van der Waals surface area (Å²) in [5.41, 5.74) is 3.21. The molecule has 0 saturated carbocycles. The number of hydrogen-bond donors (Lipinski definition) is 0. The number of benzene rings is 3. The zero-order valence-electron chi connectivity index (χ0n) is 16.1. The van der Waals surface area contributed by atoms with Crippen molar-refractivity contribution in [1.29, 1.82) is 0 Å². The molecule has 1 atom stereocenters. The van der Waals surface area contributed by atoms with Crippen LogP contribution in [0.5, 0.6) is 17.2 Å². The van der Waals surface area contributed by atoms with Crippen LogP contribution in [0.2, 0.25) is 0 Å². The van der Waals surface area contributed by atoms with Gasteiger partial charge in [0.2, 0.25) is 0 Å². The van der Waals surface area contributed by atoms with Gasteiger partial charge in [0.25, 0.3) is 0 Å². The fourth-order valence-electron chi connectivity index (χ4n) is 3.99. The number of para-hydroxylation sites is 2. The highest BCUT2D eigenvalue weighted by Gasteiger charge is 2.27. The third-order valence-corrected chi connectivity index (χ3v) is 6.54. The van der Waals surface area contributed by atoms with Crippen LogP contribution in [0.25, 0.3) is 5.57 Å². The van der Waals surface area contributed by atoms with Crippen molar-refractivity contribution in [2.45, 2.75) is 28.6 Å². The maximum Gasteiger partial charge on any atom is 0.156 e. The zero-order valence-corrected chi connectivity index (χ0v) is 16.9. The number of carbonyl (C=O) groups is 1. The Kier molecular flexibility index (Phi) is 4.64. The quantitative estimate of drug-likeness (QED) is 0.394. The van der Waals surface area contributed by atoms with Gasteiger partial charge in [-0.05, 0) is 59.9 Å². The number of allylic oxidation sites excluding steroid dienone is 2. The van der Waals surface area contributed by atoms with Crippen LogP contribution in [-0.2, 0) is 4.79 Å². The van der Waals surface area contributed by atoms with Crippen LogP contribution in [0.3, 0.4) is 0 Å². The molecule has 1 aliphatic heterocycles. The summed E-state index contributed by atoms with van der Waals surface area (Å²) in [5.74, 6) is 2.87. The fourth-order valence-corrected chi connectivity index (χ4v) is 4.98. The van der Waals surface area contributed by atoms with Crippen LogP contribution in [0.15, 0.2) is 82.6 Å². The van der Waals surface area contributed by atoms with Gasteiger partial charge < -0.3 is 9.47 Å². The first-order valence-corrected chi connectivity index (χ1v) is 10.5. The summed E-state index contributed by atoms with van der Waals surface area (Å²) in [4.78, 5) is 14.8. The van der Waals surface area contributed by atoms with Gasteiger partial charge in [-0.15, -0.1) is 0 Å². The van der Waals surface area contributed by atoms with Crippen LogP contribution in [0.1, 0.15) is 29.9 Å². The van der Waals surface area contributed by atoms with Gasteiger partial charge >= 0.3 is 0 Å². The summed E-state index contributed by atoms with van der Waals surface area (Å²) in [6.07, 6.45) is 3.14. The number of carbonyl (C=O) groups excluding carboxylic acids is 1. The minimum atomic E-state index is 0.160. The molecule has 0 saturated heterocycles. The van der Waals surface area contributed by atoms with E-state index in [4.69, 9.17) is 9.47 Å². The van der Waals surface area contributed by atoms with Crippen molar-refractivity contribution in [3.05, 3.63) is 83.9 Å². The van der Waals surface area contributed by atoms with Gasteiger partial charge in [-0.2, -0.15) is 0 Å². The molecule has 0 radical (unpaired) electrons. The normalized spacial score (nSPS) is 17.6. The standard InChI is InChI=1S/C25H20O3S/c1-27-20-11-9-16(10-12-20)17-13-18(15-19(26)14-17)21-5-4-8-24-25(21)28-22-6-2-3-7-23(22)29-24/h2-12,15,17H,13-14H2,1H3. The Morgan fingerprint density at radius 3 is 2.55 bits per heavy atom. The van der Waals surface area contributed by atoms with Crippen LogP contribution >= 0.6 is 11.8 Å². The molecule has 2 aliphatic rings. The number of rotatable bonds is 3. The van der Waals surface area contributed by atoms with E-state index < -0.39 is 0 Å². The summed E-state index contributed by atoms with van der Waals surface area (Å²) in [6, 6.07) is 22.3. The summed E-state index contributed by atoms with van der Waals surface area (Å²) in [6.45, 7) is 0. The lowest BCUT2D eigenvalue weighted by Crippen LogP contribution is -2.13. The average Bonchev–Trinajstić information content (AvgIpc) is 2.77. The van der Waals surface area contributed by atoms with E-state index in [9.17, 15) is 4.79 Å². The Morgan fingerprint density at radius 2 is 1.72 bits per heavy atom. The van der Waals surface area contributed by atoms with E-state index in [-0.39, 0.29) is 11.7 Å². The monoisotopic (exact) mass is 400 g/mol. The predicted octanol–water partition coefficient (Wildman–Crippen LogP) is 6.48. The molecule has 29 heavy (non-hydrogen) atoms. The van der Waals surface area contributed by atoms with Crippen molar-refractivity contribution < 1.29 is 14.3 Å². The average molecular weight is 400 g/mol. The molecule has 4 heteroatoms. The second-order valence-electron chi connectivity index (χ2n) is 7.30. The molecule has 0 N–H and O–H groups in total. The summed E-state index contributed by atoms with van der Waals surface area (Å²) in [5, 5.41) is 0. The van der Waals surface area contributed by atoms with Crippen molar-refractivity contribution in [1.82, 2.24) is 0 Å². The second-order valence-corrected chi connectivity index (χ2v) is 8.38. The first kappa shape index (κ1) is 18.1. The lowest BCUT2D eigenvalue weighted by atomic mass is 9.81. The van der Waals surface area contributed by atoms with Gasteiger partial charge in [-0.3, -0.25) is 4.79 Å². The summed E-state index contributed by atoms with van der Waals surface area (Å²) in [7, 11) is 1.66. The minimum Gasteiger partial charge on any atom is -0.497 e. The maximum absolute atomic E-state index is 12.6. The molecular formula is C25H20O3S. The third kappa shape index (κ3) is 3.45. The molecular weight excluding hydrogens is 380 g/mol. The van der Waals surface area contributed by atoms with E-state index in [1.807, 2.05) is 36.4 Å². The Balaban J connectivity index is 1.49. The lowest BCUT2D eigenvalue weighted by Gasteiger charge is -2.26. The van der Waals surface area contributed by atoms with E-state index in [1.54, 1.807) is 24.9 Å². The zero-order chi connectivity index (χ0) is 19.8. The smallest absolute Gasteiger partial charge is 0.156 e. The Labute approximate surface area is 174 Å². The summed E-state index contributed by atoms with van der Waals surface area (Å²) < 4.78 is 11.5. The van der Waals surface area contributed by atoms with Gasteiger partial charge in [0.1, 0.15) is 17.2 Å². The fraction of sp³-hybridized carbons (Fsp3) is 0.160. The Morgan fingerprint density at radius 1 is 0.931 bits per heavy atom. The molecule has 0 spiro atoms. The van der Waals surface area contributed by atoms with E-state index in [0.29, 0.717) is 6.42 Å². The molecule has 0 aromatic heterocycles. The molecule has 3 aromatic carbocycles. The Hall–Kier alpha value is -2.98. The molecule has 0 amide bonds. The predicted molar refractivity (Wildman–Crippen MR) is 115 cm³/mol. The lowest BCUT2D eigenvalue weighted by molar-refractivity contribution is -0.115. The van der Waals surface area contributed by atoms with Crippen molar-refractivity contribution in [3.8, 4) is 17.2 Å². The van der Waals surface area contributed by atoms with Crippen LogP contribution in [-0.4, -0.2) is 12.9 Å². The molecule has 144 valence electrons. The van der Waals surface area contributed by atoms with Gasteiger partial charge in [0, 0.05) is 12.0 Å². The molecule has 0 fully saturated rings. The van der Waals surface area contributed by atoms with Gasteiger partial charge in [0.15, 0.2) is 5.78 Å². The number of ether oxygens (including phenoxy) is 2. The van der Waals surface area contributed by atoms with Crippen molar-refractivity contribution in [3.63, 3.8) is 0 Å². The molecule has 0 bridgehead atoms. The van der Waals surface area contributed by atoms with Crippen LogP contribution in [0.4, 0.5) is 0 Å². The highest BCUT2D eigenvalue weighted by atomic mass is 32.2.